The lowest BCUT2D eigenvalue weighted by atomic mass is 10.1. The Morgan fingerprint density at radius 2 is 2.06 bits per heavy atom. The van der Waals surface area contributed by atoms with E-state index in [1.807, 2.05) is 18.4 Å². The summed E-state index contributed by atoms with van der Waals surface area (Å²) in [6, 6.07) is 2.10. The molecule has 2 aliphatic carbocycles. The van der Waals surface area contributed by atoms with Crippen LogP contribution in [0.4, 0.5) is 5.82 Å². The van der Waals surface area contributed by atoms with Crippen LogP contribution in [0.25, 0.3) is 0 Å². The number of aliphatic hydroxyl groups is 1. The van der Waals surface area contributed by atoms with Gasteiger partial charge in [0.1, 0.15) is 11.5 Å². The van der Waals surface area contributed by atoms with Gasteiger partial charge in [0.2, 0.25) is 0 Å². The third kappa shape index (κ3) is 3.50. The number of carbonyl (C=O) groups is 1. The van der Waals surface area contributed by atoms with Crippen LogP contribution in [0.5, 0.6) is 0 Å². The molecule has 4 heterocycles. The molecule has 4 atom stereocenters. The van der Waals surface area contributed by atoms with Crippen molar-refractivity contribution in [1.29, 1.82) is 0 Å². The maximum Gasteiger partial charge on any atom is 0.272 e. The van der Waals surface area contributed by atoms with Crippen molar-refractivity contribution in [3.63, 3.8) is 0 Å². The lowest BCUT2D eigenvalue weighted by Crippen LogP contribution is -2.27. The van der Waals surface area contributed by atoms with E-state index in [2.05, 4.69) is 38.4 Å². The van der Waals surface area contributed by atoms with Gasteiger partial charge in [-0.2, -0.15) is 5.10 Å². The van der Waals surface area contributed by atoms with Crippen LogP contribution in [0.15, 0.2) is 18.6 Å². The van der Waals surface area contributed by atoms with Gasteiger partial charge < -0.3 is 19.9 Å². The molecule has 2 fully saturated rings. The number of pyridine rings is 1. The van der Waals surface area contributed by atoms with Gasteiger partial charge in [0, 0.05) is 37.3 Å². The van der Waals surface area contributed by atoms with E-state index in [1.54, 1.807) is 12.5 Å². The molecule has 0 bridgehead atoms. The number of aromatic amines is 1. The number of rotatable bonds is 6. The number of anilines is 1. The molecule has 9 nitrogen and oxygen atoms in total. The smallest absolute Gasteiger partial charge is 0.272 e. The molecule has 3 aromatic rings. The number of aliphatic hydroxyl groups excluding tert-OH is 1. The normalized spacial score (nSPS) is 24.9. The predicted molar refractivity (Wildman–Crippen MR) is 127 cm³/mol. The van der Waals surface area contributed by atoms with E-state index in [9.17, 15) is 9.90 Å². The number of carbonyl (C=O) groups excluding carboxylic acids is 1. The highest BCUT2D eigenvalue weighted by Gasteiger charge is 2.55. The second-order valence-electron chi connectivity index (χ2n) is 10.1. The van der Waals surface area contributed by atoms with Gasteiger partial charge in [-0.25, -0.2) is 9.97 Å². The fraction of sp³-hybridized carbons (Fsp3) is 0.520. The molecule has 0 spiro atoms. The maximum atomic E-state index is 12.8. The number of H-pyrrole nitrogens is 1. The van der Waals surface area contributed by atoms with Crippen LogP contribution in [-0.4, -0.2) is 55.4 Å². The average molecular weight is 462 g/mol. The number of amides is 1. The van der Waals surface area contributed by atoms with Crippen LogP contribution in [-0.2, 0) is 13.0 Å². The Hall–Kier alpha value is -3.20. The minimum atomic E-state index is -0.173. The monoisotopic (exact) mass is 461 g/mol. The number of nitrogens with one attached hydrogen (secondary N) is 2. The van der Waals surface area contributed by atoms with E-state index in [-0.39, 0.29) is 11.9 Å². The lowest BCUT2D eigenvalue weighted by molar-refractivity contribution is 0.0931. The number of aromatic nitrogens is 5. The average Bonchev–Trinajstić information content (AvgIpc) is 3.36. The van der Waals surface area contributed by atoms with Crippen molar-refractivity contribution in [3.05, 3.63) is 58.1 Å². The molecule has 0 radical (unpaired) electrons. The molecule has 1 saturated carbocycles. The number of hydrogen-bond donors (Lipinski definition) is 3. The number of imidazole rings is 1. The first-order valence-electron chi connectivity index (χ1n) is 12.1. The molecule has 3 N–H and O–H groups in total. The Morgan fingerprint density at radius 3 is 2.79 bits per heavy atom. The standard InChI is InChI=1S/C25H31N7O2/c1-13-6-23(32-8-18-19(9-32)20(18)11-33)27-14(2)17(13)7-31-10-22(26-12-31)25(34)28-21-5-4-16-15(3)29-30-24(16)21/h6,10,12,18-21,33H,4-5,7-9,11H2,1-3H3,(H,28,34)(H,29,30)/t18-,19+,20-,21-/m1/s1. The Bertz CT molecular complexity index is 1230. The van der Waals surface area contributed by atoms with Crippen molar-refractivity contribution in [2.45, 2.75) is 46.2 Å². The number of piperidine rings is 1. The summed E-state index contributed by atoms with van der Waals surface area (Å²) in [5, 5.41) is 19.9. The lowest BCUT2D eigenvalue weighted by Gasteiger charge is -2.23. The van der Waals surface area contributed by atoms with Crippen molar-refractivity contribution in [2.24, 2.45) is 17.8 Å². The topological polar surface area (TPSA) is 112 Å². The summed E-state index contributed by atoms with van der Waals surface area (Å²) in [7, 11) is 0. The summed E-state index contributed by atoms with van der Waals surface area (Å²) in [6.45, 7) is 9.09. The molecular formula is C25H31N7O2. The SMILES string of the molecule is Cc1cc(N2C[C@@H]3[C@H](CO)[C@@H]3C2)nc(C)c1Cn1cnc(C(=O)N[C@@H]2CCc3c2n[nH]c3C)c1. The van der Waals surface area contributed by atoms with Crippen LogP contribution in [0.1, 0.15) is 56.7 Å². The zero-order valence-electron chi connectivity index (χ0n) is 19.9. The van der Waals surface area contributed by atoms with Crippen molar-refractivity contribution in [3.8, 4) is 0 Å². The molecule has 9 heteroatoms. The number of hydrogen-bond acceptors (Lipinski definition) is 6. The Balaban J connectivity index is 1.12. The van der Waals surface area contributed by atoms with Gasteiger partial charge in [0.05, 0.1) is 24.6 Å². The fourth-order valence-corrected chi connectivity index (χ4v) is 5.97. The van der Waals surface area contributed by atoms with Crippen LogP contribution in [0.2, 0.25) is 0 Å². The fourth-order valence-electron chi connectivity index (χ4n) is 5.97. The zero-order valence-corrected chi connectivity index (χ0v) is 19.9. The molecule has 1 saturated heterocycles. The van der Waals surface area contributed by atoms with Gasteiger partial charge >= 0.3 is 0 Å². The highest BCUT2D eigenvalue weighted by atomic mass is 16.3. The largest absolute Gasteiger partial charge is 0.396 e. The summed E-state index contributed by atoms with van der Waals surface area (Å²) in [5.74, 6) is 2.58. The number of fused-ring (bicyclic) bond motifs is 2. The highest BCUT2D eigenvalue weighted by Crippen LogP contribution is 2.52. The van der Waals surface area contributed by atoms with Crippen LogP contribution >= 0.6 is 0 Å². The van der Waals surface area contributed by atoms with Gasteiger partial charge in [-0.15, -0.1) is 0 Å². The van der Waals surface area contributed by atoms with Gasteiger partial charge in [-0.05, 0) is 74.1 Å². The van der Waals surface area contributed by atoms with Gasteiger partial charge in [0.15, 0.2) is 0 Å². The van der Waals surface area contributed by atoms with Crippen LogP contribution in [0.3, 0.4) is 0 Å². The van der Waals surface area contributed by atoms with Crippen molar-refractivity contribution >= 4 is 11.7 Å². The van der Waals surface area contributed by atoms with Crippen molar-refractivity contribution in [2.75, 3.05) is 24.6 Å². The molecule has 0 unspecified atom stereocenters. The predicted octanol–water partition coefficient (Wildman–Crippen LogP) is 2.07. The minimum absolute atomic E-state index is 0.0666. The Labute approximate surface area is 198 Å². The quantitative estimate of drug-likeness (QED) is 0.518. The molecule has 6 rings (SSSR count). The molecule has 1 aliphatic heterocycles. The van der Waals surface area contributed by atoms with E-state index in [1.165, 1.54) is 11.1 Å². The molecule has 0 aromatic carbocycles. The third-order valence-corrected chi connectivity index (χ3v) is 8.08. The first-order chi connectivity index (χ1) is 16.4. The molecule has 1 amide bonds. The van der Waals surface area contributed by atoms with Crippen molar-refractivity contribution in [1.82, 2.24) is 30.0 Å². The van der Waals surface area contributed by atoms with Gasteiger partial charge in [-0.1, -0.05) is 0 Å². The second-order valence-corrected chi connectivity index (χ2v) is 10.1. The zero-order chi connectivity index (χ0) is 23.6. The van der Waals surface area contributed by atoms with Crippen molar-refractivity contribution < 1.29 is 9.90 Å². The number of nitrogens with zero attached hydrogens (tertiary/aromatic N) is 5. The molecule has 3 aliphatic rings. The minimum Gasteiger partial charge on any atom is -0.396 e. The van der Waals surface area contributed by atoms with E-state index >= 15 is 0 Å². The first kappa shape index (κ1) is 21.3. The number of aryl methyl sites for hydroxylation is 3. The second kappa shape index (κ2) is 7.94. The molecule has 34 heavy (non-hydrogen) atoms. The van der Waals surface area contributed by atoms with E-state index in [0.717, 1.165) is 54.4 Å². The summed E-state index contributed by atoms with van der Waals surface area (Å²) >= 11 is 0. The molecule has 178 valence electrons. The van der Waals surface area contributed by atoms with E-state index in [0.29, 0.717) is 36.6 Å². The molecule has 3 aromatic heterocycles. The van der Waals surface area contributed by atoms with Gasteiger partial charge in [-0.3, -0.25) is 9.89 Å². The third-order valence-electron chi connectivity index (χ3n) is 8.08. The van der Waals surface area contributed by atoms with E-state index in [4.69, 9.17) is 4.98 Å². The van der Waals surface area contributed by atoms with Crippen LogP contribution in [0, 0.1) is 38.5 Å². The summed E-state index contributed by atoms with van der Waals surface area (Å²) in [6.07, 6.45) is 5.31. The maximum absolute atomic E-state index is 12.8. The first-order valence-corrected chi connectivity index (χ1v) is 12.1. The highest BCUT2D eigenvalue weighted by molar-refractivity contribution is 5.92. The summed E-state index contributed by atoms with van der Waals surface area (Å²) < 4.78 is 1.95. The van der Waals surface area contributed by atoms with Crippen LogP contribution < -0.4 is 10.2 Å². The van der Waals surface area contributed by atoms with Gasteiger partial charge in [0.25, 0.3) is 5.91 Å². The van der Waals surface area contributed by atoms with E-state index < -0.39 is 0 Å². The Kier molecular flexibility index (Phi) is 4.98. The Morgan fingerprint density at radius 1 is 1.26 bits per heavy atom. The summed E-state index contributed by atoms with van der Waals surface area (Å²) in [5.41, 5.74) is 7.00. The summed E-state index contributed by atoms with van der Waals surface area (Å²) in [4.78, 5) is 24.4. The molecular weight excluding hydrogens is 430 g/mol.